The molecule has 0 spiro atoms. The predicted octanol–water partition coefficient (Wildman–Crippen LogP) is 2.41. The van der Waals surface area contributed by atoms with Gasteiger partial charge in [0.1, 0.15) is 6.04 Å². The van der Waals surface area contributed by atoms with Gasteiger partial charge in [0, 0.05) is 18.8 Å². The molecule has 0 aliphatic carbocycles. The summed E-state index contributed by atoms with van der Waals surface area (Å²) in [4.78, 5) is 14.5. The number of rotatable bonds is 3. The fourth-order valence-corrected chi connectivity index (χ4v) is 3.77. The second-order valence-electron chi connectivity index (χ2n) is 5.34. The predicted molar refractivity (Wildman–Crippen MR) is 79.5 cm³/mol. The van der Waals surface area contributed by atoms with Crippen molar-refractivity contribution in [1.29, 1.82) is 0 Å². The molecule has 19 heavy (non-hydrogen) atoms. The van der Waals surface area contributed by atoms with Crippen LogP contribution in [0, 0.1) is 13.8 Å². The molecule has 0 aromatic carbocycles. The van der Waals surface area contributed by atoms with Gasteiger partial charge in [-0.25, -0.2) is 0 Å². The van der Waals surface area contributed by atoms with Gasteiger partial charge < -0.3 is 4.90 Å². The van der Waals surface area contributed by atoms with E-state index in [1.54, 1.807) is 0 Å². The van der Waals surface area contributed by atoms with Gasteiger partial charge >= 0.3 is 0 Å². The average Bonchev–Trinajstić information content (AvgIpc) is 2.76. The lowest BCUT2D eigenvalue weighted by molar-refractivity contribution is -0.135. The van der Waals surface area contributed by atoms with Crippen molar-refractivity contribution in [3.05, 3.63) is 17.5 Å². The maximum absolute atomic E-state index is 12.6. The van der Waals surface area contributed by atoms with Crippen molar-refractivity contribution in [1.82, 2.24) is 14.7 Å². The molecule has 2 rings (SSSR count). The van der Waals surface area contributed by atoms with Crippen LogP contribution in [0.4, 0.5) is 0 Å². The minimum absolute atomic E-state index is 0.170. The molecule has 2 heterocycles. The largest absolute Gasteiger partial charge is 0.341 e. The summed E-state index contributed by atoms with van der Waals surface area (Å²) in [5.41, 5.74) is 2.01. The van der Waals surface area contributed by atoms with E-state index in [0.717, 1.165) is 35.7 Å². The second-order valence-corrected chi connectivity index (χ2v) is 6.57. The van der Waals surface area contributed by atoms with Crippen molar-refractivity contribution in [3.63, 3.8) is 0 Å². The quantitative estimate of drug-likeness (QED) is 0.854. The molecule has 0 radical (unpaired) electrons. The number of carbonyl (C=O) groups is 1. The topological polar surface area (TPSA) is 38.1 Å². The molecule has 1 aromatic heterocycles. The van der Waals surface area contributed by atoms with Crippen LogP contribution in [0.1, 0.15) is 37.2 Å². The number of hydrogen-bond acceptors (Lipinski definition) is 3. The van der Waals surface area contributed by atoms with Gasteiger partial charge in [0.15, 0.2) is 0 Å². The lowest BCUT2D eigenvalue weighted by Crippen LogP contribution is -2.42. The molecule has 1 aliphatic heterocycles. The molecule has 1 fully saturated rings. The van der Waals surface area contributed by atoms with Gasteiger partial charge in [0.05, 0.1) is 5.69 Å². The SMILES string of the molecule is Cc1cc(C)n(C(C)C(=O)N(C)C2CCSCC2)n1. The van der Waals surface area contributed by atoms with E-state index in [1.165, 1.54) is 0 Å². The van der Waals surface area contributed by atoms with Gasteiger partial charge in [-0.1, -0.05) is 0 Å². The third-order valence-corrected chi connectivity index (χ3v) is 4.90. The van der Waals surface area contributed by atoms with Crippen LogP contribution in [-0.2, 0) is 4.79 Å². The van der Waals surface area contributed by atoms with Gasteiger partial charge in [-0.3, -0.25) is 9.48 Å². The summed E-state index contributed by atoms with van der Waals surface area (Å²) in [6.07, 6.45) is 2.22. The van der Waals surface area contributed by atoms with E-state index in [2.05, 4.69) is 5.10 Å². The van der Waals surface area contributed by atoms with E-state index < -0.39 is 0 Å². The number of aryl methyl sites for hydroxylation is 2. The standard InChI is InChI=1S/C14H23N3OS/c1-10-9-11(2)17(15-10)12(3)14(18)16(4)13-5-7-19-8-6-13/h9,12-13H,5-8H2,1-4H3. The summed E-state index contributed by atoms with van der Waals surface area (Å²) >= 11 is 1.98. The number of likely N-dealkylation sites (N-methyl/N-ethyl adjacent to an activating group) is 1. The highest BCUT2D eigenvalue weighted by Crippen LogP contribution is 2.23. The molecule has 106 valence electrons. The molecule has 1 amide bonds. The maximum Gasteiger partial charge on any atom is 0.247 e. The molecule has 1 unspecified atom stereocenters. The third kappa shape index (κ3) is 3.14. The van der Waals surface area contributed by atoms with Crippen LogP contribution in [0.2, 0.25) is 0 Å². The minimum atomic E-state index is -0.215. The number of amides is 1. The van der Waals surface area contributed by atoms with Crippen LogP contribution < -0.4 is 0 Å². The third-order valence-electron chi connectivity index (χ3n) is 3.86. The van der Waals surface area contributed by atoms with Crippen molar-refractivity contribution in [2.45, 2.75) is 45.7 Å². The van der Waals surface area contributed by atoms with E-state index in [9.17, 15) is 4.79 Å². The zero-order valence-corrected chi connectivity index (χ0v) is 13.0. The van der Waals surface area contributed by atoms with Crippen molar-refractivity contribution in [3.8, 4) is 0 Å². The fraction of sp³-hybridized carbons (Fsp3) is 0.714. The molecule has 1 aromatic rings. The Labute approximate surface area is 119 Å². The fourth-order valence-electron chi connectivity index (χ4n) is 2.69. The van der Waals surface area contributed by atoms with Crippen LogP contribution in [0.15, 0.2) is 6.07 Å². The van der Waals surface area contributed by atoms with Gasteiger partial charge in [-0.15, -0.1) is 0 Å². The zero-order chi connectivity index (χ0) is 14.0. The second kappa shape index (κ2) is 5.99. The molecule has 1 aliphatic rings. The van der Waals surface area contributed by atoms with Crippen LogP contribution >= 0.6 is 11.8 Å². The molecule has 0 N–H and O–H groups in total. The van der Waals surface area contributed by atoms with Gasteiger partial charge in [0.25, 0.3) is 0 Å². The van der Waals surface area contributed by atoms with Crippen LogP contribution in [0.25, 0.3) is 0 Å². The van der Waals surface area contributed by atoms with Crippen LogP contribution in [-0.4, -0.2) is 45.2 Å². The molecular weight excluding hydrogens is 258 g/mol. The highest BCUT2D eigenvalue weighted by molar-refractivity contribution is 7.99. The van der Waals surface area contributed by atoms with E-state index in [4.69, 9.17) is 0 Å². The Morgan fingerprint density at radius 3 is 2.63 bits per heavy atom. The van der Waals surface area contributed by atoms with Crippen molar-refractivity contribution in [2.75, 3.05) is 18.6 Å². The number of aromatic nitrogens is 2. The summed E-state index contributed by atoms with van der Waals surface area (Å²) in [6, 6.07) is 2.20. The normalized spacial score (nSPS) is 18.3. The van der Waals surface area contributed by atoms with E-state index in [-0.39, 0.29) is 11.9 Å². The summed E-state index contributed by atoms with van der Waals surface area (Å²) in [5.74, 6) is 2.50. The maximum atomic E-state index is 12.6. The van der Waals surface area contributed by atoms with Crippen molar-refractivity contribution < 1.29 is 4.79 Å². The van der Waals surface area contributed by atoms with Crippen LogP contribution in [0.3, 0.4) is 0 Å². The van der Waals surface area contributed by atoms with E-state index in [1.807, 2.05) is 55.2 Å². The molecule has 5 heteroatoms. The van der Waals surface area contributed by atoms with E-state index in [0.29, 0.717) is 6.04 Å². The molecular formula is C14H23N3OS. The minimum Gasteiger partial charge on any atom is -0.341 e. The Balaban J connectivity index is 2.07. The monoisotopic (exact) mass is 281 g/mol. The van der Waals surface area contributed by atoms with Gasteiger partial charge in [0.2, 0.25) is 5.91 Å². The van der Waals surface area contributed by atoms with Crippen molar-refractivity contribution >= 4 is 17.7 Å². The summed E-state index contributed by atoms with van der Waals surface area (Å²) < 4.78 is 1.84. The lowest BCUT2D eigenvalue weighted by Gasteiger charge is -2.33. The molecule has 1 saturated heterocycles. The summed E-state index contributed by atoms with van der Waals surface area (Å²) in [5, 5.41) is 4.42. The average molecular weight is 281 g/mol. The highest BCUT2D eigenvalue weighted by Gasteiger charge is 2.27. The Hall–Kier alpha value is -0.970. The Kier molecular flexibility index (Phi) is 4.55. The highest BCUT2D eigenvalue weighted by atomic mass is 32.2. The van der Waals surface area contributed by atoms with Gasteiger partial charge in [-0.05, 0) is 51.2 Å². The molecule has 4 nitrogen and oxygen atoms in total. The van der Waals surface area contributed by atoms with Gasteiger partial charge in [-0.2, -0.15) is 16.9 Å². The molecule has 0 bridgehead atoms. The molecule has 1 atom stereocenters. The smallest absolute Gasteiger partial charge is 0.247 e. The number of thioether (sulfide) groups is 1. The Morgan fingerprint density at radius 1 is 1.47 bits per heavy atom. The lowest BCUT2D eigenvalue weighted by atomic mass is 10.1. The zero-order valence-electron chi connectivity index (χ0n) is 12.2. The van der Waals surface area contributed by atoms with Crippen LogP contribution in [0.5, 0.6) is 0 Å². The Bertz CT molecular complexity index is 452. The summed E-state index contributed by atoms with van der Waals surface area (Å²) in [7, 11) is 1.94. The first-order chi connectivity index (χ1) is 9.00. The number of carbonyl (C=O) groups excluding carboxylic acids is 1. The first kappa shape index (κ1) is 14.4. The molecule has 0 saturated carbocycles. The number of nitrogens with zero attached hydrogens (tertiary/aromatic N) is 3. The first-order valence-corrected chi connectivity index (χ1v) is 8.03. The first-order valence-electron chi connectivity index (χ1n) is 6.88. The van der Waals surface area contributed by atoms with E-state index >= 15 is 0 Å². The Morgan fingerprint density at radius 2 is 2.11 bits per heavy atom. The number of hydrogen-bond donors (Lipinski definition) is 0. The van der Waals surface area contributed by atoms with Crippen molar-refractivity contribution in [2.24, 2.45) is 0 Å². The summed E-state index contributed by atoms with van der Waals surface area (Å²) in [6.45, 7) is 5.90.